The molecule has 0 aliphatic rings. The second-order valence-corrected chi connectivity index (χ2v) is 7.73. The molecule has 4 rings (SSSR count). The van der Waals surface area contributed by atoms with Crippen LogP contribution in [0.5, 0.6) is 0 Å². The highest BCUT2D eigenvalue weighted by atomic mass is 16.3. The van der Waals surface area contributed by atoms with Gasteiger partial charge in [0.2, 0.25) is 0 Å². The molecule has 0 fully saturated rings. The largest absolute Gasteiger partial charge is 0.443 e. The molecule has 2 heterocycles. The van der Waals surface area contributed by atoms with E-state index in [-0.39, 0.29) is 16.5 Å². The maximum absolute atomic E-state index is 12.8. The Morgan fingerprint density at radius 2 is 1.71 bits per heavy atom. The number of nitrogens with one attached hydrogen (secondary N) is 2. The van der Waals surface area contributed by atoms with Gasteiger partial charge in [-0.2, -0.15) is 0 Å². The van der Waals surface area contributed by atoms with Crippen LogP contribution in [0.25, 0.3) is 17.7 Å². The molecule has 0 aliphatic heterocycles. The van der Waals surface area contributed by atoms with Crippen LogP contribution in [0.1, 0.15) is 45.4 Å². The first-order chi connectivity index (χ1) is 16.4. The summed E-state index contributed by atoms with van der Waals surface area (Å²) in [4.78, 5) is 47.3. The zero-order chi connectivity index (χ0) is 24.2. The summed E-state index contributed by atoms with van der Waals surface area (Å²) >= 11 is 0. The van der Waals surface area contributed by atoms with Crippen molar-refractivity contribution in [2.75, 3.05) is 0 Å². The van der Waals surface area contributed by atoms with E-state index in [4.69, 9.17) is 10.2 Å². The number of rotatable bonds is 6. The zero-order valence-corrected chi connectivity index (χ0v) is 18.4. The number of nitrogens with zero attached hydrogens (tertiary/aromatic N) is 1. The number of ketones is 1. The fraction of sp³-hybridized carbons (Fsp3) is 0.0769. The van der Waals surface area contributed by atoms with Crippen LogP contribution in [0.15, 0.2) is 75.5 Å². The minimum Gasteiger partial charge on any atom is -0.443 e. The molecule has 34 heavy (non-hydrogen) atoms. The Morgan fingerprint density at radius 1 is 1.03 bits per heavy atom. The molecule has 2 aromatic heterocycles. The molecule has 4 aromatic rings. The summed E-state index contributed by atoms with van der Waals surface area (Å²) in [5.74, 6) is 0.266. The average molecular weight is 454 g/mol. The van der Waals surface area contributed by atoms with E-state index in [1.54, 1.807) is 43.3 Å². The first-order valence-corrected chi connectivity index (χ1v) is 10.4. The molecule has 0 bridgehead atoms. The summed E-state index contributed by atoms with van der Waals surface area (Å²) in [6, 6.07) is 13.9. The number of hydrogen-bond donors (Lipinski definition) is 3. The maximum atomic E-state index is 12.8. The molecule has 0 atom stereocenters. The lowest BCUT2D eigenvalue weighted by Gasteiger charge is -2.04. The van der Waals surface area contributed by atoms with Gasteiger partial charge in [0.1, 0.15) is 16.4 Å². The van der Waals surface area contributed by atoms with Crippen LogP contribution >= 0.6 is 0 Å². The van der Waals surface area contributed by atoms with Gasteiger partial charge in [-0.15, -0.1) is 0 Å². The molecule has 0 saturated carbocycles. The van der Waals surface area contributed by atoms with E-state index < -0.39 is 11.1 Å². The second kappa shape index (κ2) is 9.51. The Labute approximate surface area is 193 Å². The first kappa shape index (κ1) is 22.6. The molecule has 0 spiro atoms. The van der Waals surface area contributed by atoms with E-state index in [9.17, 15) is 14.4 Å². The fourth-order valence-electron chi connectivity index (χ4n) is 3.40. The van der Waals surface area contributed by atoms with Crippen molar-refractivity contribution < 1.29 is 9.21 Å². The third-order valence-corrected chi connectivity index (χ3v) is 5.16. The summed E-state index contributed by atoms with van der Waals surface area (Å²) in [6.07, 6.45) is 4.17. The van der Waals surface area contributed by atoms with Crippen molar-refractivity contribution in [1.82, 2.24) is 15.0 Å². The predicted molar refractivity (Wildman–Crippen MR) is 129 cm³/mol. The van der Waals surface area contributed by atoms with E-state index in [0.717, 1.165) is 5.56 Å². The van der Waals surface area contributed by atoms with Gasteiger partial charge >= 0.3 is 0 Å². The van der Waals surface area contributed by atoms with Crippen LogP contribution < -0.4 is 27.6 Å². The van der Waals surface area contributed by atoms with Crippen LogP contribution in [-0.2, 0) is 6.54 Å². The molecule has 0 unspecified atom stereocenters. The molecular weight excluding hydrogens is 432 g/mol. The number of hydrogen-bond acceptors (Lipinski definition) is 6. The number of carbonyl (C=O) groups excluding carboxylic acids is 1. The summed E-state index contributed by atoms with van der Waals surface area (Å²) < 4.78 is 5.26. The topological polar surface area (TPSA) is 135 Å². The van der Waals surface area contributed by atoms with Gasteiger partial charge < -0.3 is 20.1 Å². The Bertz CT molecular complexity index is 1620. The number of benzene rings is 2. The lowest BCUT2D eigenvalue weighted by Crippen LogP contribution is -2.46. The zero-order valence-electron chi connectivity index (χ0n) is 18.4. The summed E-state index contributed by atoms with van der Waals surface area (Å²) in [5, 5.41) is 0.0859. The molecule has 170 valence electrons. The molecule has 4 N–H and O–H groups in total. The van der Waals surface area contributed by atoms with Crippen molar-refractivity contribution in [2.45, 2.75) is 13.5 Å². The number of allylic oxidation sites excluding steroid dienone is 1. The third kappa shape index (κ3) is 4.77. The lowest BCUT2D eigenvalue weighted by atomic mass is 10.00. The van der Waals surface area contributed by atoms with Crippen molar-refractivity contribution in [1.29, 1.82) is 0 Å². The minimum atomic E-state index is -0.506. The summed E-state index contributed by atoms with van der Waals surface area (Å²) in [7, 11) is 0. The van der Waals surface area contributed by atoms with Crippen molar-refractivity contribution in [3.05, 3.63) is 127 Å². The monoisotopic (exact) mass is 454 g/mol. The molecule has 0 saturated heterocycles. The van der Waals surface area contributed by atoms with Gasteiger partial charge in [0.25, 0.3) is 11.1 Å². The van der Waals surface area contributed by atoms with E-state index in [2.05, 4.69) is 21.5 Å². The molecular formula is C26H22N4O4. The van der Waals surface area contributed by atoms with Crippen LogP contribution in [0.2, 0.25) is 0 Å². The predicted octanol–water partition coefficient (Wildman–Crippen LogP) is 1.43. The fourth-order valence-corrected chi connectivity index (χ4v) is 3.40. The highest BCUT2D eigenvalue weighted by Crippen LogP contribution is 2.16. The van der Waals surface area contributed by atoms with E-state index in [1.807, 2.05) is 12.1 Å². The highest BCUT2D eigenvalue weighted by molar-refractivity contribution is 6.09. The van der Waals surface area contributed by atoms with E-state index in [1.165, 1.54) is 18.5 Å². The molecule has 8 nitrogen and oxygen atoms in total. The van der Waals surface area contributed by atoms with Crippen molar-refractivity contribution >= 4 is 23.5 Å². The van der Waals surface area contributed by atoms with Crippen LogP contribution in [0.4, 0.5) is 0 Å². The Balaban J connectivity index is 1.70. The third-order valence-electron chi connectivity index (χ3n) is 5.16. The molecule has 0 radical (unpaired) electrons. The van der Waals surface area contributed by atoms with E-state index in [0.29, 0.717) is 40.3 Å². The Hall–Kier alpha value is -4.56. The smallest absolute Gasteiger partial charge is 0.272 e. The minimum absolute atomic E-state index is 0.0309. The average Bonchev–Trinajstić information content (AvgIpc) is 3.30. The second-order valence-electron chi connectivity index (χ2n) is 7.73. The lowest BCUT2D eigenvalue weighted by molar-refractivity contribution is 0.103. The summed E-state index contributed by atoms with van der Waals surface area (Å²) in [6.45, 7) is 5.95. The standard InChI is InChI=1S/C26H22N4O4/c1-15(2)24-20(28-14-34-24)12-22-26(33)29-21(25(32)30-22)11-17-4-3-5-19(10-17)23(31)18-8-6-16(13-27)7-9-18/h3-12,14H,1,13,27H2,2H3,(H,29,33)(H,30,32)/b21-11-,22-12-. The van der Waals surface area contributed by atoms with Gasteiger partial charge in [0, 0.05) is 17.7 Å². The molecule has 0 aliphatic carbocycles. The number of carbonyl (C=O) groups is 1. The van der Waals surface area contributed by atoms with Gasteiger partial charge in [0.15, 0.2) is 17.9 Å². The van der Waals surface area contributed by atoms with Crippen molar-refractivity contribution in [3.8, 4) is 0 Å². The molecule has 2 aromatic carbocycles. The molecule has 0 amide bonds. The normalized spacial score (nSPS) is 12.2. The van der Waals surface area contributed by atoms with Gasteiger partial charge in [-0.05, 0) is 41.8 Å². The SMILES string of the molecule is C=C(C)c1ocnc1/C=c1\[nH]c(=O)/c(=C/c2cccc(C(=O)c3ccc(CN)cc3)c2)[nH]c1=O. The first-order valence-electron chi connectivity index (χ1n) is 10.4. The number of aromatic amines is 2. The van der Waals surface area contributed by atoms with Gasteiger partial charge in [-0.3, -0.25) is 14.4 Å². The van der Waals surface area contributed by atoms with Gasteiger partial charge in [-0.25, -0.2) is 4.98 Å². The van der Waals surface area contributed by atoms with Gasteiger partial charge in [-0.1, -0.05) is 49.0 Å². The number of aromatic nitrogens is 3. The van der Waals surface area contributed by atoms with E-state index >= 15 is 0 Å². The van der Waals surface area contributed by atoms with Crippen LogP contribution in [-0.4, -0.2) is 20.7 Å². The maximum Gasteiger partial charge on any atom is 0.272 e. The van der Waals surface area contributed by atoms with Crippen LogP contribution in [0, 0.1) is 0 Å². The Morgan fingerprint density at radius 3 is 2.35 bits per heavy atom. The number of H-pyrrole nitrogens is 2. The number of oxazole rings is 1. The van der Waals surface area contributed by atoms with Crippen LogP contribution in [0.3, 0.4) is 0 Å². The quantitative estimate of drug-likeness (QED) is 0.377. The molecule has 8 heteroatoms. The Kier molecular flexibility index (Phi) is 6.33. The van der Waals surface area contributed by atoms with Crippen molar-refractivity contribution in [3.63, 3.8) is 0 Å². The number of nitrogens with two attached hydrogens (primary N) is 1. The summed E-state index contributed by atoms with van der Waals surface area (Å²) in [5.41, 5.74) is 8.13. The highest BCUT2D eigenvalue weighted by Gasteiger charge is 2.10. The van der Waals surface area contributed by atoms with Gasteiger partial charge in [0.05, 0.1) is 0 Å². The van der Waals surface area contributed by atoms with Crippen molar-refractivity contribution in [2.24, 2.45) is 5.73 Å².